The van der Waals surface area contributed by atoms with Crippen molar-refractivity contribution in [2.75, 3.05) is 7.05 Å². The zero-order chi connectivity index (χ0) is 15.8. The predicted molar refractivity (Wildman–Crippen MR) is 95.1 cm³/mol. The van der Waals surface area contributed by atoms with Gasteiger partial charge in [0.1, 0.15) is 0 Å². The number of rotatable bonds is 9. The van der Waals surface area contributed by atoms with E-state index in [0.29, 0.717) is 11.8 Å². The van der Waals surface area contributed by atoms with Gasteiger partial charge < -0.3 is 5.32 Å². The van der Waals surface area contributed by atoms with Gasteiger partial charge >= 0.3 is 0 Å². The normalized spacial score (nSPS) is 19.3. The van der Waals surface area contributed by atoms with E-state index < -0.39 is 0 Å². The van der Waals surface area contributed by atoms with Crippen molar-refractivity contribution in [1.29, 1.82) is 0 Å². The Labute approximate surface area is 131 Å². The molecule has 1 N–H and O–H groups in total. The summed E-state index contributed by atoms with van der Waals surface area (Å²) in [6.45, 7) is 16.5. The minimum absolute atomic E-state index is 0.512. The largest absolute Gasteiger partial charge is 0.392 e. The monoisotopic (exact) mass is 285 g/mol. The van der Waals surface area contributed by atoms with Crippen LogP contribution in [0.3, 0.4) is 0 Å². The van der Waals surface area contributed by atoms with Crippen molar-refractivity contribution in [3.05, 3.63) is 60.4 Å². The molecular formula is C20H31N. The molecule has 21 heavy (non-hydrogen) atoms. The fourth-order valence-electron chi connectivity index (χ4n) is 2.95. The van der Waals surface area contributed by atoms with Crippen LogP contribution < -0.4 is 5.32 Å². The summed E-state index contributed by atoms with van der Waals surface area (Å²) in [6, 6.07) is 0. The lowest BCUT2D eigenvalue weighted by molar-refractivity contribution is 0.498. The van der Waals surface area contributed by atoms with E-state index in [2.05, 4.69) is 51.1 Å². The maximum Gasteiger partial charge on any atom is 0.00628 e. The molecule has 0 aromatic heterocycles. The van der Waals surface area contributed by atoms with Crippen LogP contribution in [-0.2, 0) is 0 Å². The van der Waals surface area contributed by atoms with Gasteiger partial charge in [-0.3, -0.25) is 0 Å². The molecular weight excluding hydrogens is 254 g/mol. The van der Waals surface area contributed by atoms with Gasteiger partial charge in [-0.25, -0.2) is 0 Å². The molecule has 0 aliphatic heterocycles. The van der Waals surface area contributed by atoms with Crippen LogP contribution in [0.1, 0.15) is 46.0 Å². The predicted octanol–water partition coefficient (Wildman–Crippen LogP) is 5.55. The van der Waals surface area contributed by atoms with Gasteiger partial charge in [0.2, 0.25) is 0 Å². The fourth-order valence-corrected chi connectivity index (χ4v) is 2.95. The summed E-state index contributed by atoms with van der Waals surface area (Å²) in [5.74, 6) is 1.15. The third kappa shape index (κ3) is 5.41. The number of hydrogen-bond donors (Lipinski definition) is 1. The van der Waals surface area contributed by atoms with E-state index in [1.54, 1.807) is 0 Å². The Morgan fingerprint density at radius 3 is 2.71 bits per heavy atom. The summed E-state index contributed by atoms with van der Waals surface area (Å²) in [7, 11) is 1.96. The van der Waals surface area contributed by atoms with Crippen molar-refractivity contribution in [2.45, 2.75) is 46.0 Å². The molecule has 2 unspecified atom stereocenters. The first-order valence-corrected chi connectivity index (χ1v) is 8.04. The molecule has 1 rings (SSSR count). The third-order valence-corrected chi connectivity index (χ3v) is 4.28. The molecule has 0 fully saturated rings. The standard InChI is InChI=1S/C20H31N/c1-7-8-9-18(17(5)21-6)11-12-19-14-16(4)10-13-20(19)15(2)3/h7,13-14,16,18,21H,1-2,5,8-12H2,3-4,6H3. The molecule has 116 valence electrons. The molecule has 0 heterocycles. The first-order chi connectivity index (χ1) is 9.99. The van der Waals surface area contributed by atoms with Crippen LogP contribution in [0, 0.1) is 11.8 Å². The maximum absolute atomic E-state index is 4.16. The summed E-state index contributed by atoms with van der Waals surface area (Å²) in [5, 5.41) is 3.22. The van der Waals surface area contributed by atoms with Crippen molar-refractivity contribution >= 4 is 0 Å². The van der Waals surface area contributed by atoms with Crippen molar-refractivity contribution in [3.8, 4) is 0 Å². The Morgan fingerprint density at radius 1 is 1.43 bits per heavy atom. The van der Waals surface area contributed by atoms with Crippen molar-refractivity contribution < 1.29 is 0 Å². The van der Waals surface area contributed by atoms with Crippen molar-refractivity contribution in [3.63, 3.8) is 0 Å². The maximum atomic E-state index is 4.16. The van der Waals surface area contributed by atoms with Gasteiger partial charge in [-0.05, 0) is 62.0 Å². The van der Waals surface area contributed by atoms with E-state index in [1.165, 1.54) is 16.7 Å². The fraction of sp³-hybridized carbons (Fsp3) is 0.500. The van der Waals surface area contributed by atoms with Gasteiger partial charge in [0.25, 0.3) is 0 Å². The molecule has 0 bridgehead atoms. The highest BCUT2D eigenvalue weighted by molar-refractivity contribution is 5.46. The first-order valence-electron chi connectivity index (χ1n) is 8.04. The van der Waals surface area contributed by atoms with E-state index in [9.17, 15) is 0 Å². The Balaban J connectivity index is 2.72. The second kappa shape index (κ2) is 8.71. The number of hydrogen-bond acceptors (Lipinski definition) is 1. The Kier molecular flexibility index (Phi) is 7.28. The minimum atomic E-state index is 0.512. The van der Waals surface area contributed by atoms with Gasteiger partial charge in [-0.15, -0.1) is 6.58 Å². The third-order valence-electron chi connectivity index (χ3n) is 4.28. The molecule has 2 atom stereocenters. The Hall–Kier alpha value is -1.50. The van der Waals surface area contributed by atoms with Gasteiger partial charge in [0, 0.05) is 12.7 Å². The quantitative estimate of drug-likeness (QED) is 0.548. The first kappa shape index (κ1) is 17.6. The molecule has 0 saturated heterocycles. The lowest BCUT2D eigenvalue weighted by Gasteiger charge is -2.23. The van der Waals surface area contributed by atoms with Crippen LogP contribution >= 0.6 is 0 Å². The van der Waals surface area contributed by atoms with Gasteiger partial charge in [0.05, 0.1) is 0 Å². The molecule has 1 heteroatoms. The van der Waals surface area contributed by atoms with E-state index in [1.807, 2.05) is 13.1 Å². The summed E-state index contributed by atoms with van der Waals surface area (Å²) in [4.78, 5) is 0. The van der Waals surface area contributed by atoms with E-state index in [4.69, 9.17) is 0 Å². The second-order valence-corrected chi connectivity index (χ2v) is 6.18. The highest BCUT2D eigenvalue weighted by Crippen LogP contribution is 2.32. The summed E-state index contributed by atoms with van der Waals surface area (Å²) < 4.78 is 0. The van der Waals surface area contributed by atoms with Gasteiger partial charge in [0.15, 0.2) is 0 Å². The van der Waals surface area contributed by atoms with Gasteiger partial charge in [-0.2, -0.15) is 0 Å². The smallest absolute Gasteiger partial charge is 0.00628 e. The number of nitrogens with one attached hydrogen (secondary N) is 1. The van der Waals surface area contributed by atoms with E-state index in [0.717, 1.165) is 37.8 Å². The molecule has 1 aliphatic rings. The highest BCUT2D eigenvalue weighted by atomic mass is 14.8. The number of allylic oxidation sites excluding steroid dienone is 7. The van der Waals surface area contributed by atoms with E-state index in [-0.39, 0.29) is 0 Å². The molecule has 0 amide bonds. The van der Waals surface area contributed by atoms with Crippen LogP contribution in [0.2, 0.25) is 0 Å². The zero-order valence-corrected chi connectivity index (χ0v) is 14.0. The van der Waals surface area contributed by atoms with Crippen LogP contribution in [0.25, 0.3) is 0 Å². The topological polar surface area (TPSA) is 12.0 Å². The van der Waals surface area contributed by atoms with Crippen LogP contribution in [0.15, 0.2) is 60.4 Å². The average molecular weight is 285 g/mol. The zero-order valence-electron chi connectivity index (χ0n) is 14.0. The molecule has 1 nitrogen and oxygen atoms in total. The highest BCUT2D eigenvalue weighted by Gasteiger charge is 2.17. The molecule has 0 spiro atoms. The average Bonchev–Trinajstić information content (AvgIpc) is 2.46. The lowest BCUT2D eigenvalue weighted by Crippen LogP contribution is -2.16. The summed E-state index contributed by atoms with van der Waals surface area (Å²) in [5.41, 5.74) is 5.16. The van der Waals surface area contributed by atoms with Gasteiger partial charge in [-0.1, -0.05) is 43.9 Å². The SMILES string of the molecule is C=CCCC(CCC1=CC(C)CC=C1C(=C)C)C(=C)NC. The van der Waals surface area contributed by atoms with Crippen LogP contribution in [0.4, 0.5) is 0 Å². The Bertz CT molecular complexity index is 450. The van der Waals surface area contributed by atoms with Crippen molar-refractivity contribution in [2.24, 2.45) is 11.8 Å². The summed E-state index contributed by atoms with van der Waals surface area (Å²) >= 11 is 0. The van der Waals surface area contributed by atoms with Crippen molar-refractivity contribution in [1.82, 2.24) is 5.32 Å². The molecule has 1 aliphatic carbocycles. The lowest BCUT2D eigenvalue weighted by atomic mass is 9.83. The minimum Gasteiger partial charge on any atom is -0.392 e. The van der Waals surface area contributed by atoms with Crippen LogP contribution in [0.5, 0.6) is 0 Å². The second-order valence-electron chi connectivity index (χ2n) is 6.18. The molecule has 0 aromatic rings. The van der Waals surface area contributed by atoms with Crippen LogP contribution in [-0.4, -0.2) is 7.05 Å². The molecule has 0 saturated carbocycles. The molecule has 0 aromatic carbocycles. The summed E-state index contributed by atoms with van der Waals surface area (Å²) in [6.07, 6.45) is 12.3. The Morgan fingerprint density at radius 2 is 2.14 bits per heavy atom. The van der Waals surface area contributed by atoms with E-state index >= 15 is 0 Å². The molecule has 0 radical (unpaired) electrons.